The third kappa shape index (κ3) is 2.59. The molecule has 0 unspecified atom stereocenters. The van der Waals surface area contributed by atoms with Gasteiger partial charge in [0.15, 0.2) is 0 Å². The van der Waals surface area contributed by atoms with Crippen molar-refractivity contribution in [3.8, 4) is 0 Å². The number of sulfonamides is 1. The number of anilines is 1. The molecule has 0 saturated heterocycles. The highest BCUT2D eigenvalue weighted by molar-refractivity contribution is 7.92. The molecule has 1 aromatic heterocycles. The minimum atomic E-state index is -3.84. The van der Waals surface area contributed by atoms with Crippen molar-refractivity contribution < 1.29 is 12.8 Å². The number of halogens is 1. The molecule has 2 N–H and O–H groups in total. The lowest BCUT2D eigenvalue weighted by Crippen LogP contribution is -2.14. The minimum absolute atomic E-state index is 0.0743. The number of rotatable bonds is 3. The highest BCUT2D eigenvalue weighted by Gasteiger charge is 2.18. The van der Waals surface area contributed by atoms with Gasteiger partial charge in [0, 0.05) is 11.1 Å². The maximum Gasteiger partial charge on any atom is 0.262 e. The Kier molecular flexibility index (Phi) is 3.13. The van der Waals surface area contributed by atoms with Crippen molar-refractivity contribution in [2.75, 3.05) is 4.72 Å². The molecule has 1 heterocycles. The van der Waals surface area contributed by atoms with Crippen LogP contribution in [0.1, 0.15) is 5.56 Å². The molecule has 5 nitrogen and oxygen atoms in total. The molecule has 0 aliphatic heterocycles. The fourth-order valence-electron chi connectivity index (χ4n) is 2.08. The predicted octanol–water partition coefficient (Wildman–Crippen LogP) is 2.81. The van der Waals surface area contributed by atoms with Crippen LogP contribution in [0.2, 0.25) is 0 Å². The Balaban J connectivity index is 2.00. The summed E-state index contributed by atoms with van der Waals surface area (Å²) in [6, 6.07) is 8.67. The number of H-pyrrole nitrogens is 1. The first-order valence-electron chi connectivity index (χ1n) is 6.18. The number of aryl methyl sites for hydroxylation is 1. The number of nitrogens with one attached hydrogen (secondary N) is 2. The van der Waals surface area contributed by atoms with Gasteiger partial charge in [-0.05, 0) is 42.8 Å². The minimum Gasteiger partial charge on any atom is -0.280 e. The molecule has 0 saturated carbocycles. The Labute approximate surface area is 120 Å². The highest BCUT2D eigenvalue weighted by atomic mass is 32.2. The van der Waals surface area contributed by atoms with Crippen molar-refractivity contribution in [2.24, 2.45) is 0 Å². The van der Waals surface area contributed by atoms with Gasteiger partial charge in [-0.3, -0.25) is 9.82 Å². The van der Waals surface area contributed by atoms with Gasteiger partial charge in [-0.25, -0.2) is 12.8 Å². The third-order valence-electron chi connectivity index (χ3n) is 3.13. The van der Waals surface area contributed by atoms with Crippen molar-refractivity contribution in [2.45, 2.75) is 11.8 Å². The van der Waals surface area contributed by atoms with Crippen molar-refractivity contribution in [3.63, 3.8) is 0 Å². The Bertz CT molecular complexity index is 919. The van der Waals surface area contributed by atoms with Crippen LogP contribution in [0.5, 0.6) is 0 Å². The number of nitrogens with zero attached hydrogens (tertiary/aromatic N) is 1. The van der Waals surface area contributed by atoms with E-state index in [0.717, 1.165) is 17.0 Å². The Morgan fingerprint density at radius 2 is 2.00 bits per heavy atom. The zero-order valence-corrected chi connectivity index (χ0v) is 11.9. The topological polar surface area (TPSA) is 74.8 Å². The van der Waals surface area contributed by atoms with Gasteiger partial charge in [0.2, 0.25) is 0 Å². The summed E-state index contributed by atoms with van der Waals surface area (Å²) < 4.78 is 40.4. The van der Waals surface area contributed by atoms with Gasteiger partial charge in [0.05, 0.1) is 16.6 Å². The van der Waals surface area contributed by atoms with Crippen LogP contribution < -0.4 is 4.72 Å². The molecule has 0 amide bonds. The number of hydrogen-bond donors (Lipinski definition) is 2. The van der Waals surface area contributed by atoms with Crippen LogP contribution in [0.3, 0.4) is 0 Å². The first-order valence-corrected chi connectivity index (χ1v) is 7.66. The molecular formula is C14H12FN3O2S. The first-order chi connectivity index (χ1) is 9.95. The summed E-state index contributed by atoms with van der Waals surface area (Å²) in [5, 5.41) is 7.44. The molecule has 0 radical (unpaired) electrons. The highest BCUT2D eigenvalue weighted by Crippen LogP contribution is 2.22. The van der Waals surface area contributed by atoms with Crippen LogP contribution in [0.25, 0.3) is 10.9 Å². The maximum absolute atomic E-state index is 13.3. The van der Waals surface area contributed by atoms with Crippen LogP contribution in [0, 0.1) is 12.7 Å². The van der Waals surface area contributed by atoms with E-state index in [9.17, 15) is 12.8 Å². The Morgan fingerprint density at radius 3 is 2.81 bits per heavy atom. The average Bonchev–Trinajstić information content (AvgIpc) is 2.88. The molecule has 0 bridgehead atoms. The van der Waals surface area contributed by atoms with E-state index in [4.69, 9.17) is 0 Å². The van der Waals surface area contributed by atoms with Crippen molar-refractivity contribution in [3.05, 3.63) is 54.0 Å². The summed E-state index contributed by atoms with van der Waals surface area (Å²) in [5.41, 5.74) is 1.68. The van der Waals surface area contributed by atoms with Gasteiger partial charge in [-0.1, -0.05) is 6.07 Å². The normalized spacial score (nSPS) is 11.7. The average molecular weight is 305 g/mol. The van der Waals surface area contributed by atoms with E-state index >= 15 is 0 Å². The van der Waals surface area contributed by atoms with E-state index in [0.29, 0.717) is 11.3 Å². The fraction of sp³-hybridized carbons (Fsp3) is 0.0714. The van der Waals surface area contributed by atoms with Gasteiger partial charge in [-0.15, -0.1) is 0 Å². The molecule has 0 spiro atoms. The second-order valence-corrected chi connectivity index (χ2v) is 6.34. The molecule has 108 valence electrons. The maximum atomic E-state index is 13.3. The molecule has 21 heavy (non-hydrogen) atoms. The molecule has 0 atom stereocenters. The Morgan fingerprint density at radius 1 is 1.19 bits per heavy atom. The molecular weight excluding hydrogens is 293 g/mol. The molecule has 0 aliphatic carbocycles. The van der Waals surface area contributed by atoms with Gasteiger partial charge in [0.25, 0.3) is 10.0 Å². The summed E-state index contributed by atoms with van der Waals surface area (Å²) in [5.74, 6) is -0.591. The second kappa shape index (κ2) is 4.85. The lowest BCUT2D eigenvalue weighted by molar-refractivity contribution is 0.594. The molecule has 7 heteroatoms. The first kappa shape index (κ1) is 13.6. The number of hydrogen-bond acceptors (Lipinski definition) is 3. The van der Waals surface area contributed by atoms with E-state index < -0.39 is 15.8 Å². The summed E-state index contributed by atoms with van der Waals surface area (Å²) in [7, 11) is -3.84. The number of fused-ring (bicyclic) bond motifs is 1. The summed E-state index contributed by atoms with van der Waals surface area (Å²) in [4.78, 5) is -0.0743. The van der Waals surface area contributed by atoms with Crippen molar-refractivity contribution in [1.29, 1.82) is 0 Å². The molecule has 3 rings (SSSR count). The van der Waals surface area contributed by atoms with Crippen LogP contribution in [-0.4, -0.2) is 18.6 Å². The monoisotopic (exact) mass is 305 g/mol. The fourth-order valence-corrected chi connectivity index (χ4v) is 3.39. The largest absolute Gasteiger partial charge is 0.280 e. The van der Waals surface area contributed by atoms with Crippen molar-refractivity contribution in [1.82, 2.24) is 10.2 Å². The SMILES string of the molecule is Cc1ccc(F)cc1S(=O)(=O)Nc1ccc2[nH]ncc2c1. The van der Waals surface area contributed by atoms with E-state index in [-0.39, 0.29) is 4.90 Å². The zero-order valence-electron chi connectivity index (χ0n) is 11.1. The lowest BCUT2D eigenvalue weighted by atomic mass is 10.2. The van der Waals surface area contributed by atoms with Gasteiger partial charge in [-0.2, -0.15) is 5.10 Å². The van der Waals surface area contributed by atoms with Crippen LogP contribution >= 0.6 is 0 Å². The number of benzene rings is 2. The molecule has 0 fully saturated rings. The quantitative estimate of drug-likeness (QED) is 0.781. The molecule has 0 aliphatic rings. The smallest absolute Gasteiger partial charge is 0.262 e. The predicted molar refractivity (Wildman–Crippen MR) is 78.0 cm³/mol. The summed E-state index contributed by atoms with van der Waals surface area (Å²) in [6.07, 6.45) is 1.60. The van der Waals surface area contributed by atoms with E-state index in [1.165, 1.54) is 12.1 Å². The number of aromatic amines is 1. The van der Waals surface area contributed by atoms with Gasteiger partial charge in [0.1, 0.15) is 5.82 Å². The van der Waals surface area contributed by atoms with E-state index in [1.54, 1.807) is 31.3 Å². The molecule has 2 aromatic carbocycles. The van der Waals surface area contributed by atoms with Crippen LogP contribution in [-0.2, 0) is 10.0 Å². The zero-order chi connectivity index (χ0) is 15.0. The van der Waals surface area contributed by atoms with Crippen LogP contribution in [0.4, 0.5) is 10.1 Å². The van der Waals surface area contributed by atoms with Gasteiger partial charge < -0.3 is 0 Å². The van der Waals surface area contributed by atoms with E-state index in [2.05, 4.69) is 14.9 Å². The van der Waals surface area contributed by atoms with E-state index in [1.807, 2.05) is 0 Å². The second-order valence-electron chi connectivity index (χ2n) is 4.69. The summed E-state index contributed by atoms with van der Waals surface area (Å²) in [6.45, 7) is 1.62. The van der Waals surface area contributed by atoms with Crippen molar-refractivity contribution >= 4 is 26.6 Å². The number of aromatic nitrogens is 2. The van der Waals surface area contributed by atoms with Gasteiger partial charge >= 0.3 is 0 Å². The lowest BCUT2D eigenvalue weighted by Gasteiger charge is -2.10. The summed E-state index contributed by atoms with van der Waals surface area (Å²) >= 11 is 0. The molecule has 3 aromatic rings. The standard InChI is InChI=1S/C14H12FN3O2S/c1-9-2-3-11(15)7-14(9)21(19,20)18-12-4-5-13-10(6-12)8-16-17-13/h2-8,18H,1H3,(H,16,17). The van der Waals surface area contributed by atoms with Crippen LogP contribution in [0.15, 0.2) is 47.5 Å². The Hall–Kier alpha value is -2.41. The third-order valence-corrected chi connectivity index (χ3v) is 4.66.